The summed E-state index contributed by atoms with van der Waals surface area (Å²) >= 11 is 0. The Labute approximate surface area is 131 Å². The molecule has 3 rings (SSSR count). The summed E-state index contributed by atoms with van der Waals surface area (Å²) in [4.78, 5) is 14.1. The van der Waals surface area contributed by atoms with E-state index < -0.39 is 0 Å². The highest BCUT2D eigenvalue weighted by atomic mass is 16.5. The number of hydrogen-bond acceptors (Lipinski definition) is 2. The predicted octanol–water partition coefficient (Wildman–Crippen LogP) is 4.01. The molecule has 2 aromatic carbocycles. The number of benzene rings is 2. The molecular weight excluding hydrogens is 274 g/mol. The van der Waals surface area contributed by atoms with Gasteiger partial charge in [0, 0.05) is 24.9 Å². The van der Waals surface area contributed by atoms with Gasteiger partial charge in [0.05, 0.1) is 6.61 Å². The highest BCUT2D eigenvalue weighted by Crippen LogP contribution is 2.25. The lowest BCUT2D eigenvalue weighted by Gasteiger charge is -2.26. The van der Waals surface area contributed by atoms with Crippen LogP contribution in [0.5, 0.6) is 5.75 Å². The smallest absolute Gasteiger partial charge is 0.222 e. The second-order valence-electron chi connectivity index (χ2n) is 5.87. The van der Waals surface area contributed by atoms with Gasteiger partial charge in [-0.1, -0.05) is 36.4 Å². The molecule has 1 amide bonds. The first-order chi connectivity index (χ1) is 10.8. The van der Waals surface area contributed by atoms with Crippen LogP contribution in [-0.4, -0.2) is 30.5 Å². The number of carbonyl (C=O) groups is 1. The van der Waals surface area contributed by atoms with Crippen LogP contribution in [0, 0.1) is 0 Å². The van der Waals surface area contributed by atoms with Crippen LogP contribution in [-0.2, 0) is 4.79 Å². The van der Waals surface area contributed by atoms with Crippen LogP contribution in [0.4, 0.5) is 0 Å². The largest absolute Gasteiger partial charge is 0.493 e. The molecule has 0 bridgehead atoms. The molecule has 1 aliphatic rings. The summed E-state index contributed by atoms with van der Waals surface area (Å²) in [5, 5.41) is 2.32. The third-order valence-electron chi connectivity index (χ3n) is 4.25. The van der Waals surface area contributed by atoms with E-state index in [0.29, 0.717) is 13.0 Å². The molecule has 0 spiro atoms. The minimum atomic E-state index is 0.279. The third kappa shape index (κ3) is 3.59. The molecule has 0 N–H and O–H groups in total. The molecule has 3 nitrogen and oxygen atoms in total. The number of piperidine rings is 1. The van der Waals surface area contributed by atoms with E-state index in [0.717, 1.165) is 43.5 Å². The molecule has 116 valence electrons. The maximum Gasteiger partial charge on any atom is 0.222 e. The van der Waals surface area contributed by atoms with Gasteiger partial charge in [0.2, 0.25) is 5.91 Å². The van der Waals surface area contributed by atoms with Crippen LogP contribution in [0.3, 0.4) is 0 Å². The molecule has 2 aromatic rings. The fourth-order valence-electron chi connectivity index (χ4n) is 3.03. The number of fused-ring (bicyclic) bond motifs is 1. The maximum atomic E-state index is 12.1. The molecule has 0 radical (unpaired) electrons. The number of hydrogen-bond donors (Lipinski definition) is 0. The molecule has 1 saturated heterocycles. The second-order valence-corrected chi connectivity index (χ2v) is 5.87. The van der Waals surface area contributed by atoms with Crippen molar-refractivity contribution in [3.63, 3.8) is 0 Å². The van der Waals surface area contributed by atoms with E-state index >= 15 is 0 Å². The number of nitrogens with zero attached hydrogens (tertiary/aromatic N) is 1. The van der Waals surface area contributed by atoms with Crippen molar-refractivity contribution in [2.45, 2.75) is 32.1 Å². The SMILES string of the molecule is O=C(CCCOc1cccc2ccccc12)N1CCCCC1. The van der Waals surface area contributed by atoms with Gasteiger partial charge in [0.25, 0.3) is 0 Å². The van der Waals surface area contributed by atoms with E-state index in [2.05, 4.69) is 18.2 Å². The topological polar surface area (TPSA) is 29.5 Å². The normalized spacial score (nSPS) is 15.0. The lowest BCUT2D eigenvalue weighted by Crippen LogP contribution is -2.35. The zero-order chi connectivity index (χ0) is 15.2. The summed E-state index contributed by atoms with van der Waals surface area (Å²) in [7, 11) is 0. The number of ether oxygens (including phenoxy) is 1. The number of likely N-dealkylation sites (tertiary alicyclic amines) is 1. The molecule has 1 heterocycles. The molecule has 22 heavy (non-hydrogen) atoms. The molecular formula is C19H23NO2. The summed E-state index contributed by atoms with van der Waals surface area (Å²) in [6.07, 6.45) is 4.92. The number of amides is 1. The molecule has 1 aliphatic heterocycles. The summed E-state index contributed by atoms with van der Waals surface area (Å²) in [5.74, 6) is 1.18. The van der Waals surface area contributed by atoms with Crippen molar-refractivity contribution in [3.05, 3.63) is 42.5 Å². The van der Waals surface area contributed by atoms with Gasteiger partial charge in [0.15, 0.2) is 0 Å². The van der Waals surface area contributed by atoms with Gasteiger partial charge in [0.1, 0.15) is 5.75 Å². The molecule has 0 atom stereocenters. The van der Waals surface area contributed by atoms with Crippen molar-refractivity contribution in [3.8, 4) is 5.75 Å². The number of carbonyl (C=O) groups excluding carboxylic acids is 1. The Morgan fingerprint density at radius 3 is 2.64 bits per heavy atom. The first-order valence-electron chi connectivity index (χ1n) is 8.23. The minimum absolute atomic E-state index is 0.279. The fourth-order valence-corrected chi connectivity index (χ4v) is 3.03. The Bertz CT molecular complexity index is 627. The zero-order valence-electron chi connectivity index (χ0n) is 13.0. The van der Waals surface area contributed by atoms with Crippen LogP contribution in [0.1, 0.15) is 32.1 Å². The van der Waals surface area contributed by atoms with Crippen molar-refractivity contribution in [2.75, 3.05) is 19.7 Å². The average Bonchev–Trinajstić information content (AvgIpc) is 2.59. The van der Waals surface area contributed by atoms with Crippen molar-refractivity contribution >= 4 is 16.7 Å². The Balaban J connectivity index is 1.49. The monoisotopic (exact) mass is 297 g/mol. The van der Waals surface area contributed by atoms with Crippen LogP contribution in [0.2, 0.25) is 0 Å². The Morgan fingerprint density at radius 1 is 1.00 bits per heavy atom. The van der Waals surface area contributed by atoms with Crippen molar-refractivity contribution < 1.29 is 9.53 Å². The predicted molar refractivity (Wildman–Crippen MR) is 89.1 cm³/mol. The van der Waals surface area contributed by atoms with Gasteiger partial charge in [-0.05, 0) is 37.1 Å². The van der Waals surface area contributed by atoms with E-state index in [1.807, 2.05) is 29.2 Å². The lowest BCUT2D eigenvalue weighted by molar-refractivity contribution is -0.132. The van der Waals surface area contributed by atoms with Gasteiger partial charge in [-0.2, -0.15) is 0 Å². The van der Waals surface area contributed by atoms with Crippen LogP contribution in [0.25, 0.3) is 10.8 Å². The molecule has 0 aliphatic carbocycles. The van der Waals surface area contributed by atoms with E-state index in [4.69, 9.17) is 4.74 Å². The average molecular weight is 297 g/mol. The van der Waals surface area contributed by atoms with Crippen LogP contribution in [0.15, 0.2) is 42.5 Å². The minimum Gasteiger partial charge on any atom is -0.493 e. The zero-order valence-corrected chi connectivity index (χ0v) is 13.0. The van der Waals surface area contributed by atoms with Gasteiger partial charge < -0.3 is 9.64 Å². The summed E-state index contributed by atoms with van der Waals surface area (Å²) in [5.41, 5.74) is 0. The lowest BCUT2D eigenvalue weighted by atomic mass is 10.1. The molecule has 1 fully saturated rings. The second kappa shape index (κ2) is 7.30. The molecule has 3 heteroatoms. The molecule has 0 saturated carbocycles. The fraction of sp³-hybridized carbons (Fsp3) is 0.421. The highest BCUT2D eigenvalue weighted by molar-refractivity contribution is 5.88. The Kier molecular flexibility index (Phi) is 4.94. The summed E-state index contributed by atoms with van der Waals surface area (Å²) in [6.45, 7) is 2.46. The molecule has 0 aromatic heterocycles. The Hall–Kier alpha value is -2.03. The molecule has 0 unspecified atom stereocenters. The van der Waals surface area contributed by atoms with Crippen molar-refractivity contribution in [1.29, 1.82) is 0 Å². The standard InChI is InChI=1S/C19H23NO2/c21-19(20-13-4-1-5-14-20)12-7-15-22-18-11-6-9-16-8-2-3-10-17(16)18/h2-3,6,8-11H,1,4-5,7,12-15H2. The highest BCUT2D eigenvalue weighted by Gasteiger charge is 2.15. The van der Waals surface area contributed by atoms with Crippen LogP contribution < -0.4 is 4.74 Å². The first-order valence-corrected chi connectivity index (χ1v) is 8.23. The van der Waals surface area contributed by atoms with Crippen molar-refractivity contribution in [2.24, 2.45) is 0 Å². The van der Waals surface area contributed by atoms with E-state index in [9.17, 15) is 4.79 Å². The first kappa shape index (κ1) is 14.9. The van der Waals surface area contributed by atoms with Gasteiger partial charge in [-0.15, -0.1) is 0 Å². The van der Waals surface area contributed by atoms with E-state index in [-0.39, 0.29) is 5.91 Å². The van der Waals surface area contributed by atoms with Gasteiger partial charge in [-0.25, -0.2) is 0 Å². The van der Waals surface area contributed by atoms with Gasteiger partial charge in [-0.3, -0.25) is 4.79 Å². The summed E-state index contributed by atoms with van der Waals surface area (Å²) < 4.78 is 5.89. The third-order valence-corrected chi connectivity index (χ3v) is 4.25. The van der Waals surface area contributed by atoms with E-state index in [1.54, 1.807) is 0 Å². The van der Waals surface area contributed by atoms with Crippen molar-refractivity contribution in [1.82, 2.24) is 4.90 Å². The van der Waals surface area contributed by atoms with E-state index in [1.165, 1.54) is 11.8 Å². The maximum absolute atomic E-state index is 12.1. The Morgan fingerprint density at radius 2 is 1.77 bits per heavy atom. The summed E-state index contributed by atoms with van der Waals surface area (Å²) in [6, 6.07) is 14.3. The van der Waals surface area contributed by atoms with Gasteiger partial charge >= 0.3 is 0 Å². The quantitative estimate of drug-likeness (QED) is 0.780. The van der Waals surface area contributed by atoms with Crippen LogP contribution >= 0.6 is 0 Å². The number of rotatable bonds is 5.